The fourth-order valence-corrected chi connectivity index (χ4v) is 1.56. The quantitative estimate of drug-likeness (QED) is 0.535. The van der Waals surface area contributed by atoms with Crippen LogP contribution in [-0.2, 0) is 0 Å². The smallest absolute Gasteiger partial charge is 0.267 e. The molecule has 2 rings (SSSR count). The Kier molecular flexibility index (Phi) is 4.43. The van der Waals surface area contributed by atoms with E-state index in [1.165, 1.54) is 19.2 Å². The molecule has 1 amide bonds. The Labute approximate surface area is 115 Å². The van der Waals surface area contributed by atoms with Gasteiger partial charge in [-0.25, -0.2) is 9.97 Å². The number of anilines is 1. The molecule has 0 spiro atoms. The van der Waals surface area contributed by atoms with Crippen molar-refractivity contribution in [2.24, 2.45) is 0 Å². The average molecular weight is 273 g/mol. The fourth-order valence-electron chi connectivity index (χ4n) is 1.56. The molecule has 104 valence electrons. The van der Waals surface area contributed by atoms with Gasteiger partial charge in [0.2, 0.25) is 5.95 Å². The van der Waals surface area contributed by atoms with Gasteiger partial charge >= 0.3 is 0 Å². The third-order valence-corrected chi connectivity index (χ3v) is 2.59. The molecule has 7 nitrogen and oxygen atoms in total. The van der Waals surface area contributed by atoms with Crippen LogP contribution in [-0.4, -0.2) is 39.7 Å². The van der Waals surface area contributed by atoms with E-state index in [-0.39, 0.29) is 11.7 Å². The zero-order chi connectivity index (χ0) is 14.4. The number of ketones is 1. The Morgan fingerprint density at radius 2 is 2.00 bits per heavy atom. The van der Waals surface area contributed by atoms with Gasteiger partial charge in [-0.15, -0.1) is 0 Å². The molecule has 2 aromatic rings. The van der Waals surface area contributed by atoms with E-state index >= 15 is 0 Å². The molecule has 0 aliphatic heterocycles. The van der Waals surface area contributed by atoms with E-state index < -0.39 is 0 Å². The summed E-state index contributed by atoms with van der Waals surface area (Å²) in [6.07, 6.45) is 4.79. The molecule has 0 saturated carbocycles. The summed E-state index contributed by atoms with van der Waals surface area (Å²) < 4.78 is 0. The summed E-state index contributed by atoms with van der Waals surface area (Å²) in [6.45, 7) is 2.39. The van der Waals surface area contributed by atoms with E-state index in [1.807, 2.05) is 0 Å². The fraction of sp³-hybridized carbons (Fsp3) is 0.231. The average Bonchev–Trinajstić information content (AvgIpc) is 2.94. The maximum atomic E-state index is 11.8. The Balaban J connectivity index is 1.76. The highest BCUT2D eigenvalue weighted by Crippen LogP contribution is 2.03. The number of rotatable bonds is 6. The van der Waals surface area contributed by atoms with Gasteiger partial charge in [0, 0.05) is 37.2 Å². The third-order valence-electron chi connectivity index (χ3n) is 2.59. The molecule has 0 radical (unpaired) electrons. The predicted molar refractivity (Wildman–Crippen MR) is 73.7 cm³/mol. The minimum Gasteiger partial charge on any atom is -0.356 e. The van der Waals surface area contributed by atoms with Crippen molar-refractivity contribution in [3.05, 3.63) is 42.0 Å². The molecule has 20 heavy (non-hydrogen) atoms. The van der Waals surface area contributed by atoms with Gasteiger partial charge in [-0.1, -0.05) is 0 Å². The van der Waals surface area contributed by atoms with Gasteiger partial charge in [0.25, 0.3) is 5.91 Å². The van der Waals surface area contributed by atoms with Gasteiger partial charge in [0.1, 0.15) is 5.69 Å². The molecule has 3 N–H and O–H groups in total. The second kappa shape index (κ2) is 6.46. The van der Waals surface area contributed by atoms with E-state index in [4.69, 9.17) is 0 Å². The number of nitrogens with zero attached hydrogens (tertiary/aromatic N) is 2. The van der Waals surface area contributed by atoms with Crippen LogP contribution >= 0.6 is 0 Å². The number of carbonyl (C=O) groups is 2. The lowest BCUT2D eigenvalue weighted by Crippen LogP contribution is -2.29. The van der Waals surface area contributed by atoms with E-state index in [2.05, 4.69) is 25.6 Å². The molecule has 0 bridgehead atoms. The van der Waals surface area contributed by atoms with Crippen molar-refractivity contribution in [3.63, 3.8) is 0 Å². The highest BCUT2D eigenvalue weighted by molar-refractivity contribution is 5.99. The van der Waals surface area contributed by atoms with Crippen LogP contribution in [0.15, 0.2) is 30.7 Å². The highest BCUT2D eigenvalue weighted by Gasteiger charge is 2.09. The first-order valence-electron chi connectivity index (χ1n) is 6.15. The third kappa shape index (κ3) is 3.64. The van der Waals surface area contributed by atoms with E-state index in [1.54, 1.807) is 18.5 Å². The molecular weight excluding hydrogens is 258 g/mol. The summed E-state index contributed by atoms with van der Waals surface area (Å²) in [5, 5.41) is 5.70. The molecular formula is C13H15N5O2. The standard InChI is InChI=1S/C13H15N5O2/c1-9(19)10-7-11(18-8-10)12(20)14-5-6-17-13-15-3-2-4-16-13/h2-4,7-8,18H,5-6H2,1H3,(H,14,20)(H,15,16,17). The highest BCUT2D eigenvalue weighted by atomic mass is 16.2. The van der Waals surface area contributed by atoms with Crippen LogP contribution in [0.2, 0.25) is 0 Å². The van der Waals surface area contributed by atoms with Crippen molar-refractivity contribution >= 4 is 17.6 Å². The number of H-pyrrole nitrogens is 1. The normalized spacial score (nSPS) is 10.1. The lowest BCUT2D eigenvalue weighted by Gasteiger charge is -2.05. The molecule has 0 fully saturated rings. The van der Waals surface area contributed by atoms with Gasteiger partial charge in [0.05, 0.1) is 0 Å². The molecule has 0 unspecified atom stereocenters. The number of aromatic nitrogens is 3. The van der Waals surface area contributed by atoms with Crippen LogP contribution < -0.4 is 10.6 Å². The van der Waals surface area contributed by atoms with Crippen LogP contribution in [0.5, 0.6) is 0 Å². The SMILES string of the molecule is CC(=O)c1c[nH]c(C(=O)NCCNc2ncccn2)c1. The van der Waals surface area contributed by atoms with E-state index in [0.29, 0.717) is 30.3 Å². The van der Waals surface area contributed by atoms with Crippen molar-refractivity contribution in [2.75, 3.05) is 18.4 Å². The first-order chi connectivity index (χ1) is 9.66. The lowest BCUT2D eigenvalue weighted by atomic mass is 10.2. The van der Waals surface area contributed by atoms with Gasteiger partial charge in [-0.05, 0) is 19.1 Å². The first-order valence-corrected chi connectivity index (χ1v) is 6.15. The monoisotopic (exact) mass is 273 g/mol. The Hall–Kier alpha value is -2.70. The van der Waals surface area contributed by atoms with Crippen LogP contribution in [0.3, 0.4) is 0 Å². The number of aromatic amines is 1. The summed E-state index contributed by atoms with van der Waals surface area (Å²) >= 11 is 0. The molecule has 0 saturated heterocycles. The second-order valence-corrected chi connectivity index (χ2v) is 4.11. The van der Waals surface area contributed by atoms with Crippen molar-refractivity contribution in [1.82, 2.24) is 20.3 Å². The zero-order valence-electron chi connectivity index (χ0n) is 11.0. The van der Waals surface area contributed by atoms with Crippen LogP contribution in [0.25, 0.3) is 0 Å². The number of hydrogen-bond donors (Lipinski definition) is 3. The molecule has 2 aromatic heterocycles. The molecule has 0 aliphatic rings. The number of amides is 1. The van der Waals surface area contributed by atoms with Crippen molar-refractivity contribution in [1.29, 1.82) is 0 Å². The summed E-state index contributed by atoms with van der Waals surface area (Å²) in [4.78, 5) is 33.7. The predicted octanol–water partition coefficient (Wildman–Crippen LogP) is 0.849. The largest absolute Gasteiger partial charge is 0.356 e. The van der Waals surface area contributed by atoms with Crippen LogP contribution in [0.4, 0.5) is 5.95 Å². The van der Waals surface area contributed by atoms with Crippen LogP contribution in [0, 0.1) is 0 Å². The minimum absolute atomic E-state index is 0.0804. The van der Waals surface area contributed by atoms with Crippen molar-refractivity contribution < 1.29 is 9.59 Å². The number of carbonyl (C=O) groups excluding carboxylic acids is 2. The maximum absolute atomic E-state index is 11.8. The molecule has 0 aliphatic carbocycles. The van der Waals surface area contributed by atoms with E-state index in [9.17, 15) is 9.59 Å². The lowest BCUT2D eigenvalue weighted by molar-refractivity contribution is 0.0950. The number of hydrogen-bond acceptors (Lipinski definition) is 5. The van der Waals surface area contributed by atoms with E-state index in [0.717, 1.165) is 0 Å². The summed E-state index contributed by atoms with van der Waals surface area (Å²) in [5.74, 6) is 0.178. The molecule has 0 atom stereocenters. The first kappa shape index (κ1) is 13.7. The van der Waals surface area contributed by atoms with Crippen molar-refractivity contribution in [3.8, 4) is 0 Å². The van der Waals surface area contributed by atoms with Gasteiger partial charge in [-0.2, -0.15) is 0 Å². The topological polar surface area (TPSA) is 99.8 Å². The number of nitrogens with one attached hydrogen (secondary N) is 3. The molecule has 2 heterocycles. The second-order valence-electron chi connectivity index (χ2n) is 4.11. The van der Waals surface area contributed by atoms with Gasteiger partial charge in [0.15, 0.2) is 5.78 Å². The van der Waals surface area contributed by atoms with Gasteiger partial charge < -0.3 is 15.6 Å². The summed E-state index contributed by atoms with van der Waals surface area (Å²) in [5.41, 5.74) is 0.858. The number of Topliss-reactive ketones (excluding diaryl/α,β-unsaturated/α-hetero) is 1. The summed E-state index contributed by atoms with van der Waals surface area (Å²) in [7, 11) is 0. The Morgan fingerprint density at radius 3 is 2.65 bits per heavy atom. The molecule has 0 aromatic carbocycles. The van der Waals surface area contributed by atoms with Crippen LogP contribution in [0.1, 0.15) is 27.8 Å². The Bertz CT molecular complexity index is 594. The Morgan fingerprint density at radius 1 is 1.25 bits per heavy atom. The minimum atomic E-state index is -0.256. The maximum Gasteiger partial charge on any atom is 0.267 e. The van der Waals surface area contributed by atoms with Crippen molar-refractivity contribution in [2.45, 2.75) is 6.92 Å². The molecule has 7 heteroatoms. The summed E-state index contributed by atoms with van der Waals surface area (Å²) in [6, 6.07) is 3.26. The van der Waals surface area contributed by atoms with Gasteiger partial charge in [-0.3, -0.25) is 9.59 Å². The zero-order valence-corrected chi connectivity index (χ0v) is 11.0.